The first-order valence-electron chi connectivity index (χ1n) is 3.93. The summed E-state index contributed by atoms with van der Waals surface area (Å²) in [5, 5.41) is 2.06. The zero-order valence-corrected chi connectivity index (χ0v) is 7.47. The second-order valence-corrected chi connectivity index (χ2v) is 3.59. The Morgan fingerprint density at radius 1 is 1.33 bits per heavy atom. The van der Waals surface area contributed by atoms with Gasteiger partial charge in [0.1, 0.15) is 0 Å². The molecule has 0 amide bonds. The third kappa shape index (κ3) is 1.33. The van der Waals surface area contributed by atoms with E-state index in [-0.39, 0.29) is 0 Å². The lowest BCUT2D eigenvalue weighted by Gasteiger charge is -1.96. The van der Waals surface area contributed by atoms with Crippen molar-refractivity contribution < 1.29 is 0 Å². The van der Waals surface area contributed by atoms with Gasteiger partial charge in [-0.05, 0) is 30.1 Å². The maximum absolute atomic E-state index is 5.44. The molecule has 0 unspecified atom stereocenters. The Hall–Kier alpha value is -0.930. The number of thiophene rings is 1. The highest BCUT2D eigenvalue weighted by molar-refractivity contribution is 7.17. The van der Waals surface area contributed by atoms with Gasteiger partial charge in [-0.15, -0.1) is 11.3 Å². The Balaban J connectivity index is 2.46. The van der Waals surface area contributed by atoms with E-state index in [2.05, 4.69) is 16.4 Å². The van der Waals surface area contributed by atoms with Crippen molar-refractivity contribution in [2.45, 2.75) is 6.42 Å². The number of aromatic nitrogens is 1. The number of hydrogen-bond donors (Lipinski definition) is 1. The van der Waals surface area contributed by atoms with Crippen molar-refractivity contribution in [3.05, 3.63) is 29.3 Å². The number of fused-ring (bicyclic) bond motifs is 1. The third-order valence-corrected chi connectivity index (χ3v) is 2.64. The molecule has 3 heteroatoms. The molecule has 0 atom stereocenters. The number of pyridine rings is 1. The molecule has 2 heterocycles. The van der Waals surface area contributed by atoms with E-state index in [1.807, 2.05) is 12.1 Å². The van der Waals surface area contributed by atoms with E-state index < -0.39 is 0 Å². The van der Waals surface area contributed by atoms with Crippen LogP contribution < -0.4 is 5.73 Å². The molecule has 2 N–H and O–H groups in total. The molecule has 2 aromatic rings. The largest absolute Gasteiger partial charge is 0.330 e. The molecule has 0 fully saturated rings. The van der Waals surface area contributed by atoms with E-state index in [4.69, 9.17) is 5.73 Å². The van der Waals surface area contributed by atoms with Gasteiger partial charge in [0.25, 0.3) is 0 Å². The first-order chi connectivity index (χ1) is 5.90. The van der Waals surface area contributed by atoms with Gasteiger partial charge in [0.15, 0.2) is 0 Å². The van der Waals surface area contributed by atoms with Gasteiger partial charge in [0, 0.05) is 12.1 Å². The Bertz CT molecular complexity index is 381. The van der Waals surface area contributed by atoms with Gasteiger partial charge in [-0.1, -0.05) is 0 Å². The molecular weight excluding hydrogens is 168 g/mol. The lowest BCUT2D eigenvalue weighted by molar-refractivity contribution is 0.933. The lowest BCUT2D eigenvalue weighted by Crippen LogP contribution is -2.03. The van der Waals surface area contributed by atoms with Crippen molar-refractivity contribution in [3.63, 3.8) is 0 Å². The molecular formula is C9H10N2S. The van der Waals surface area contributed by atoms with Crippen molar-refractivity contribution in [1.29, 1.82) is 0 Å². The highest BCUT2D eigenvalue weighted by Crippen LogP contribution is 2.18. The topological polar surface area (TPSA) is 38.9 Å². The molecule has 0 saturated carbocycles. The summed E-state index contributed by atoms with van der Waals surface area (Å²) in [7, 11) is 0. The molecule has 0 bridgehead atoms. The standard InChI is InChI=1S/C9H10N2S/c10-5-3-7-1-2-9-8(11-7)4-6-12-9/h1-2,4,6H,3,5,10H2. The predicted molar refractivity (Wildman–Crippen MR) is 52.4 cm³/mol. The van der Waals surface area contributed by atoms with Crippen molar-refractivity contribution in [2.75, 3.05) is 6.54 Å². The fourth-order valence-corrected chi connectivity index (χ4v) is 1.91. The molecule has 62 valence electrons. The number of hydrogen-bond acceptors (Lipinski definition) is 3. The van der Waals surface area contributed by atoms with Crippen LogP contribution >= 0.6 is 11.3 Å². The van der Waals surface area contributed by atoms with E-state index in [1.54, 1.807) is 11.3 Å². The molecule has 0 aliphatic carbocycles. The minimum atomic E-state index is 0.669. The highest BCUT2D eigenvalue weighted by Gasteiger charge is 1.97. The van der Waals surface area contributed by atoms with E-state index in [0.29, 0.717) is 6.54 Å². The molecule has 0 aromatic carbocycles. The van der Waals surface area contributed by atoms with Gasteiger partial charge in [-0.3, -0.25) is 4.98 Å². The van der Waals surface area contributed by atoms with Crippen LogP contribution in [0.1, 0.15) is 5.69 Å². The van der Waals surface area contributed by atoms with Gasteiger partial charge < -0.3 is 5.73 Å². The van der Waals surface area contributed by atoms with Crippen LogP contribution in [0.15, 0.2) is 23.6 Å². The smallest absolute Gasteiger partial charge is 0.0812 e. The first-order valence-corrected chi connectivity index (χ1v) is 4.81. The minimum absolute atomic E-state index is 0.669. The number of nitrogens with zero attached hydrogens (tertiary/aromatic N) is 1. The SMILES string of the molecule is NCCc1ccc2sccc2n1. The Labute approximate surface area is 75.0 Å². The van der Waals surface area contributed by atoms with E-state index in [9.17, 15) is 0 Å². The Kier molecular flexibility index (Phi) is 2.06. The number of rotatable bonds is 2. The van der Waals surface area contributed by atoms with E-state index >= 15 is 0 Å². The van der Waals surface area contributed by atoms with Crippen LogP contribution in [0.3, 0.4) is 0 Å². The van der Waals surface area contributed by atoms with Gasteiger partial charge in [-0.2, -0.15) is 0 Å². The van der Waals surface area contributed by atoms with Gasteiger partial charge in [0.2, 0.25) is 0 Å². The molecule has 0 aliphatic heterocycles. The molecule has 12 heavy (non-hydrogen) atoms. The predicted octanol–water partition coefficient (Wildman–Crippen LogP) is 1.80. The van der Waals surface area contributed by atoms with Gasteiger partial charge in [-0.25, -0.2) is 0 Å². The van der Waals surface area contributed by atoms with Crippen molar-refractivity contribution in [1.82, 2.24) is 4.98 Å². The molecule has 2 nitrogen and oxygen atoms in total. The van der Waals surface area contributed by atoms with Gasteiger partial charge in [0.05, 0.1) is 10.2 Å². The maximum Gasteiger partial charge on any atom is 0.0812 e. The molecule has 0 aliphatic rings. The number of nitrogens with two attached hydrogens (primary N) is 1. The average molecular weight is 178 g/mol. The molecule has 0 radical (unpaired) electrons. The maximum atomic E-state index is 5.44. The van der Waals surface area contributed by atoms with Crippen LogP contribution in [-0.2, 0) is 6.42 Å². The molecule has 2 aromatic heterocycles. The van der Waals surface area contributed by atoms with Crippen LogP contribution in [0.5, 0.6) is 0 Å². The normalized spacial score (nSPS) is 10.8. The summed E-state index contributed by atoms with van der Waals surface area (Å²) in [4.78, 5) is 4.46. The lowest BCUT2D eigenvalue weighted by atomic mass is 10.2. The van der Waals surface area contributed by atoms with Crippen molar-refractivity contribution in [2.24, 2.45) is 5.73 Å². The van der Waals surface area contributed by atoms with Crippen LogP contribution in [0.4, 0.5) is 0 Å². The monoisotopic (exact) mass is 178 g/mol. The zero-order valence-electron chi connectivity index (χ0n) is 6.66. The molecule has 0 spiro atoms. The summed E-state index contributed by atoms with van der Waals surface area (Å²) >= 11 is 1.72. The molecule has 2 rings (SSSR count). The second-order valence-electron chi connectivity index (χ2n) is 2.65. The van der Waals surface area contributed by atoms with Crippen molar-refractivity contribution in [3.8, 4) is 0 Å². The van der Waals surface area contributed by atoms with E-state index in [1.165, 1.54) is 4.70 Å². The molecule has 0 saturated heterocycles. The van der Waals surface area contributed by atoms with Crippen LogP contribution in [-0.4, -0.2) is 11.5 Å². The summed E-state index contributed by atoms with van der Waals surface area (Å²) in [6, 6.07) is 6.20. The summed E-state index contributed by atoms with van der Waals surface area (Å²) in [6.45, 7) is 0.669. The summed E-state index contributed by atoms with van der Waals surface area (Å²) < 4.78 is 1.25. The summed E-state index contributed by atoms with van der Waals surface area (Å²) in [5.41, 5.74) is 7.62. The summed E-state index contributed by atoms with van der Waals surface area (Å²) in [6.07, 6.45) is 0.867. The highest BCUT2D eigenvalue weighted by atomic mass is 32.1. The van der Waals surface area contributed by atoms with Crippen molar-refractivity contribution >= 4 is 21.6 Å². The van der Waals surface area contributed by atoms with Crippen LogP contribution in [0.2, 0.25) is 0 Å². The minimum Gasteiger partial charge on any atom is -0.330 e. The van der Waals surface area contributed by atoms with Crippen LogP contribution in [0.25, 0.3) is 10.2 Å². The first kappa shape index (κ1) is 7.71. The quantitative estimate of drug-likeness (QED) is 0.761. The Morgan fingerprint density at radius 2 is 2.25 bits per heavy atom. The third-order valence-electron chi connectivity index (χ3n) is 1.77. The summed E-state index contributed by atoms with van der Waals surface area (Å²) in [5.74, 6) is 0. The Morgan fingerprint density at radius 3 is 3.08 bits per heavy atom. The average Bonchev–Trinajstić information content (AvgIpc) is 2.51. The fraction of sp³-hybridized carbons (Fsp3) is 0.222. The zero-order chi connectivity index (χ0) is 8.39. The second kappa shape index (κ2) is 3.21. The van der Waals surface area contributed by atoms with Crippen LogP contribution in [0, 0.1) is 0 Å². The van der Waals surface area contributed by atoms with E-state index in [0.717, 1.165) is 17.6 Å². The van der Waals surface area contributed by atoms with Gasteiger partial charge >= 0.3 is 0 Å². The fourth-order valence-electron chi connectivity index (χ4n) is 1.18.